The summed E-state index contributed by atoms with van der Waals surface area (Å²) in [5.41, 5.74) is 1.57. The molecule has 0 aliphatic carbocycles. The molecule has 0 heterocycles. The Balaban J connectivity index is 2.52. The molecule has 1 aromatic carbocycles. The summed E-state index contributed by atoms with van der Waals surface area (Å²) in [5.74, 6) is -0.0672. The second-order valence-corrected chi connectivity index (χ2v) is 4.80. The van der Waals surface area contributed by atoms with E-state index < -0.39 is 4.92 Å². The number of carbonyl (C=O) groups excluding carboxylic acids is 1. The molecule has 0 aliphatic heterocycles. The lowest BCUT2D eigenvalue weighted by Gasteiger charge is -2.12. The van der Waals surface area contributed by atoms with Gasteiger partial charge in [0.25, 0.3) is 5.69 Å². The third kappa shape index (κ3) is 4.62. The average Bonchev–Trinajstić information content (AvgIpc) is 2.40. The number of hydrogen-bond donors (Lipinski definition) is 2. The minimum atomic E-state index is -0.394. The second-order valence-electron chi connectivity index (χ2n) is 4.80. The van der Waals surface area contributed by atoms with Crippen molar-refractivity contribution in [1.29, 1.82) is 0 Å². The molecule has 110 valence electrons. The number of rotatable bonds is 7. The smallest absolute Gasteiger partial charge is 0.272 e. The third-order valence-corrected chi connectivity index (χ3v) is 3.23. The summed E-state index contributed by atoms with van der Waals surface area (Å²) in [6.45, 7) is 6.30. The predicted octanol–water partition coefficient (Wildman–Crippen LogP) is 1.91. The standard InChI is InChI=1S/C14H21N3O3/c1-4-10(2)16-14(18)9-15-8-12-6-5-7-13(11(12)3)17(19)20/h5-7,10,15H,4,8-9H2,1-3H3,(H,16,18). The quantitative estimate of drug-likeness (QED) is 0.590. The number of nitrogens with zero attached hydrogens (tertiary/aromatic N) is 1. The van der Waals surface area contributed by atoms with Crippen LogP contribution < -0.4 is 10.6 Å². The maximum atomic E-state index is 11.6. The van der Waals surface area contributed by atoms with E-state index in [-0.39, 0.29) is 24.2 Å². The van der Waals surface area contributed by atoms with Gasteiger partial charge in [-0.2, -0.15) is 0 Å². The first kappa shape index (κ1) is 16.1. The molecule has 1 atom stereocenters. The van der Waals surface area contributed by atoms with E-state index in [1.807, 2.05) is 19.9 Å². The van der Waals surface area contributed by atoms with Crippen molar-refractivity contribution >= 4 is 11.6 Å². The van der Waals surface area contributed by atoms with Gasteiger partial charge in [0, 0.05) is 24.2 Å². The number of hydrogen-bond acceptors (Lipinski definition) is 4. The van der Waals surface area contributed by atoms with Gasteiger partial charge in [-0.3, -0.25) is 14.9 Å². The molecule has 0 radical (unpaired) electrons. The zero-order chi connectivity index (χ0) is 15.1. The lowest BCUT2D eigenvalue weighted by Crippen LogP contribution is -2.38. The molecule has 0 aromatic heterocycles. The fourth-order valence-corrected chi connectivity index (χ4v) is 1.80. The van der Waals surface area contributed by atoms with Crippen molar-refractivity contribution in [2.45, 2.75) is 39.8 Å². The molecule has 0 saturated carbocycles. The summed E-state index contributed by atoms with van der Waals surface area (Å²) in [4.78, 5) is 22.0. The second kappa shape index (κ2) is 7.59. The highest BCUT2D eigenvalue weighted by atomic mass is 16.6. The van der Waals surface area contributed by atoms with Crippen LogP contribution >= 0.6 is 0 Å². The summed E-state index contributed by atoms with van der Waals surface area (Å²) in [5, 5.41) is 16.7. The van der Waals surface area contributed by atoms with Gasteiger partial charge in [0.05, 0.1) is 11.5 Å². The first-order valence-electron chi connectivity index (χ1n) is 6.68. The maximum absolute atomic E-state index is 11.6. The molecule has 0 spiro atoms. The highest BCUT2D eigenvalue weighted by molar-refractivity contribution is 5.78. The van der Waals surface area contributed by atoms with Crippen LogP contribution in [0.5, 0.6) is 0 Å². The predicted molar refractivity (Wildman–Crippen MR) is 77.4 cm³/mol. The summed E-state index contributed by atoms with van der Waals surface area (Å²) in [6, 6.07) is 5.11. The molecular formula is C14H21N3O3. The van der Waals surface area contributed by atoms with Crippen LogP contribution in [-0.4, -0.2) is 23.4 Å². The van der Waals surface area contributed by atoms with Gasteiger partial charge in [0.15, 0.2) is 0 Å². The van der Waals surface area contributed by atoms with Crippen LogP contribution in [0.25, 0.3) is 0 Å². The molecule has 1 amide bonds. The number of amides is 1. The normalized spacial score (nSPS) is 11.9. The van der Waals surface area contributed by atoms with E-state index in [9.17, 15) is 14.9 Å². The summed E-state index contributed by atoms with van der Waals surface area (Å²) < 4.78 is 0. The Kier molecular flexibility index (Phi) is 6.11. The van der Waals surface area contributed by atoms with Crippen molar-refractivity contribution in [3.63, 3.8) is 0 Å². The van der Waals surface area contributed by atoms with Crippen molar-refractivity contribution in [2.75, 3.05) is 6.54 Å². The van der Waals surface area contributed by atoms with Crippen molar-refractivity contribution < 1.29 is 9.72 Å². The van der Waals surface area contributed by atoms with Crippen LogP contribution in [0.2, 0.25) is 0 Å². The maximum Gasteiger partial charge on any atom is 0.272 e. The van der Waals surface area contributed by atoms with Crippen LogP contribution in [0.3, 0.4) is 0 Å². The number of nitrogens with one attached hydrogen (secondary N) is 2. The fourth-order valence-electron chi connectivity index (χ4n) is 1.80. The van der Waals surface area contributed by atoms with Crippen molar-refractivity contribution in [3.05, 3.63) is 39.4 Å². The van der Waals surface area contributed by atoms with Gasteiger partial charge in [-0.05, 0) is 25.8 Å². The fraction of sp³-hybridized carbons (Fsp3) is 0.500. The lowest BCUT2D eigenvalue weighted by atomic mass is 10.1. The lowest BCUT2D eigenvalue weighted by molar-refractivity contribution is -0.385. The summed E-state index contributed by atoms with van der Waals surface area (Å²) >= 11 is 0. The zero-order valence-corrected chi connectivity index (χ0v) is 12.1. The number of benzene rings is 1. The molecule has 6 heteroatoms. The highest BCUT2D eigenvalue weighted by Crippen LogP contribution is 2.20. The van der Waals surface area contributed by atoms with E-state index in [2.05, 4.69) is 10.6 Å². The molecule has 1 aromatic rings. The number of nitro groups is 1. The molecular weight excluding hydrogens is 258 g/mol. The Labute approximate surface area is 118 Å². The Morgan fingerprint density at radius 1 is 1.45 bits per heavy atom. The minimum Gasteiger partial charge on any atom is -0.353 e. The van der Waals surface area contributed by atoms with Crippen LogP contribution in [0.4, 0.5) is 5.69 Å². The van der Waals surface area contributed by atoms with E-state index in [0.717, 1.165) is 12.0 Å². The molecule has 20 heavy (non-hydrogen) atoms. The molecule has 0 bridgehead atoms. The first-order valence-corrected chi connectivity index (χ1v) is 6.68. The number of carbonyl (C=O) groups is 1. The molecule has 1 unspecified atom stereocenters. The van der Waals surface area contributed by atoms with E-state index in [4.69, 9.17) is 0 Å². The Hall–Kier alpha value is -1.95. The molecule has 0 aliphatic rings. The summed E-state index contributed by atoms with van der Waals surface area (Å²) in [7, 11) is 0. The molecule has 0 fully saturated rings. The van der Waals surface area contributed by atoms with Crippen LogP contribution in [0.15, 0.2) is 18.2 Å². The van der Waals surface area contributed by atoms with E-state index in [1.165, 1.54) is 6.07 Å². The zero-order valence-electron chi connectivity index (χ0n) is 12.1. The van der Waals surface area contributed by atoms with Gasteiger partial charge < -0.3 is 10.6 Å². The van der Waals surface area contributed by atoms with Crippen molar-refractivity contribution in [1.82, 2.24) is 10.6 Å². The van der Waals surface area contributed by atoms with Crippen LogP contribution in [0.1, 0.15) is 31.4 Å². The van der Waals surface area contributed by atoms with Gasteiger partial charge in [0.1, 0.15) is 0 Å². The Bertz CT molecular complexity index is 489. The topological polar surface area (TPSA) is 84.3 Å². The van der Waals surface area contributed by atoms with E-state index >= 15 is 0 Å². The van der Waals surface area contributed by atoms with Crippen LogP contribution in [-0.2, 0) is 11.3 Å². The Morgan fingerprint density at radius 2 is 2.15 bits per heavy atom. The SMILES string of the molecule is CCC(C)NC(=O)CNCc1cccc([N+](=O)[O-])c1C. The molecule has 0 saturated heterocycles. The third-order valence-electron chi connectivity index (χ3n) is 3.23. The Morgan fingerprint density at radius 3 is 2.75 bits per heavy atom. The van der Waals surface area contributed by atoms with Gasteiger partial charge in [-0.15, -0.1) is 0 Å². The van der Waals surface area contributed by atoms with Crippen LogP contribution in [0, 0.1) is 17.0 Å². The van der Waals surface area contributed by atoms with Gasteiger partial charge in [-0.1, -0.05) is 19.1 Å². The molecule has 6 nitrogen and oxygen atoms in total. The van der Waals surface area contributed by atoms with E-state index in [1.54, 1.807) is 13.0 Å². The first-order chi connectivity index (χ1) is 9.45. The van der Waals surface area contributed by atoms with Gasteiger partial charge >= 0.3 is 0 Å². The summed E-state index contributed by atoms with van der Waals surface area (Å²) in [6.07, 6.45) is 0.885. The molecule has 1 rings (SSSR count). The average molecular weight is 279 g/mol. The van der Waals surface area contributed by atoms with Gasteiger partial charge in [-0.25, -0.2) is 0 Å². The highest BCUT2D eigenvalue weighted by Gasteiger charge is 2.13. The van der Waals surface area contributed by atoms with Crippen molar-refractivity contribution in [2.24, 2.45) is 0 Å². The monoisotopic (exact) mass is 279 g/mol. The van der Waals surface area contributed by atoms with E-state index in [0.29, 0.717) is 12.1 Å². The number of nitro benzene ring substituents is 1. The largest absolute Gasteiger partial charge is 0.353 e. The van der Waals surface area contributed by atoms with Crippen molar-refractivity contribution in [3.8, 4) is 0 Å². The van der Waals surface area contributed by atoms with Gasteiger partial charge in [0.2, 0.25) is 5.91 Å². The molecule has 2 N–H and O–H groups in total. The minimum absolute atomic E-state index is 0.0672.